The zero-order valence-electron chi connectivity index (χ0n) is 20.6. The SMILES string of the molecule is CCOc1ccc(-c2csc(NC(=O)C(C)Sc3ccc(NC(=O)c4ccccc4C(=O)O)cc3)n2)cc1. The maximum atomic E-state index is 12.7. The maximum absolute atomic E-state index is 12.7. The van der Waals surface area contributed by atoms with Crippen molar-refractivity contribution in [3.63, 3.8) is 0 Å². The number of carbonyl (C=O) groups excluding carboxylic acids is 2. The molecular formula is C28H25N3O5S2. The van der Waals surface area contributed by atoms with E-state index in [9.17, 15) is 19.5 Å². The Kier molecular flexibility index (Phi) is 8.77. The summed E-state index contributed by atoms with van der Waals surface area (Å²) < 4.78 is 5.47. The van der Waals surface area contributed by atoms with Crippen molar-refractivity contribution in [1.29, 1.82) is 0 Å². The molecule has 4 rings (SSSR count). The molecule has 194 valence electrons. The first-order valence-corrected chi connectivity index (χ1v) is 13.5. The molecule has 2 amide bonds. The van der Waals surface area contributed by atoms with Crippen LogP contribution in [0.5, 0.6) is 5.75 Å². The molecular weight excluding hydrogens is 522 g/mol. The summed E-state index contributed by atoms with van der Waals surface area (Å²) >= 11 is 2.73. The molecule has 0 radical (unpaired) electrons. The molecule has 0 aliphatic heterocycles. The van der Waals surface area contributed by atoms with E-state index < -0.39 is 17.1 Å². The number of nitrogens with one attached hydrogen (secondary N) is 2. The molecule has 0 saturated heterocycles. The van der Waals surface area contributed by atoms with Gasteiger partial charge in [0.2, 0.25) is 5.91 Å². The summed E-state index contributed by atoms with van der Waals surface area (Å²) in [5.41, 5.74) is 2.24. The first-order chi connectivity index (χ1) is 18.3. The highest BCUT2D eigenvalue weighted by atomic mass is 32.2. The number of carboxylic acid groups (broad SMARTS) is 1. The second kappa shape index (κ2) is 12.4. The van der Waals surface area contributed by atoms with Crippen molar-refractivity contribution in [1.82, 2.24) is 4.98 Å². The van der Waals surface area contributed by atoms with Crippen LogP contribution in [0.2, 0.25) is 0 Å². The quantitative estimate of drug-likeness (QED) is 0.200. The van der Waals surface area contributed by atoms with Gasteiger partial charge >= 0.3 is 5.97 Å². The number of thiazole rings is 1. The van der Waals surface area contributed by atoms with Crippen LogP contribution < -0.4 is 15.4 Å². The van der Waals surface area contributed by atoms with Gasteiger partial charge in [0.15, 0.2) is 5.13 Å². The van der Waals surface area contributed by atoms with Crippen molar-refractivity contribution in [2.24, 2.45) is 0 Å². The van der Waals surface area contributed by atoms with Gasteiger partial charge in [0.05, 0.1) is 28.7 Å². The lowest BCUT2D eigenvalue weighted by molar-refractivity contribution is -0.115. The van der Waals surface area contributed by atoms with Crippen LogP contribution in [0.4, 0.5) is 10.8 Å². The minimum atomic E-state index is -1.17. The summed E-state index contributed by atoms with van der Waals surface area (Å²) in [5.74, 6) is -1.06. The summed E-state index contributed by atoms with van der Waals surface area (Å²) in [4.78, 5) is 42.0. The average molecular weight is 548 g/mol. The molecule has 3 N–H and O–H groups in total. The van der Waals surface area contributed by atoms with Gasteiger partial charge in [-0.2, -0.15) is 0 Å². The summed E-state index contributed by atoms with van der Waals surface area (Å²) in [5, 5.41) is 16.9. The number of aromatic carboxylic acids is 1. The predicted octanol–water partition coefficient (Wildman–Crippen LogP) is 6.28. The molecule has 38 heavy (non-hydrogen) atoms. The van der Waals surface area contributed by atoms with Crippen molar-refractivity contribution >= 4 is 51.7 Å². The molecule has 0 bridgehead atoms. The first kappa shape index (κ1) is 26.9. The van der Waals surface area contributed by atoms with Crippen LogP contribution in [0.1, 0.15) is 34.6 Å². The van der Waals surface area contributed by atoms with Crippen LogP contribution in [0.25, 0.3) is 11.3 Å². The standard InChI is InChI=1S/C28H25N3O5S2/c1-3-36-20-12-8-18(9-13-20)24-16-37-28(30-24)31-25(32)17(2)38-21-14-10-19(11-15-21)29-26(33)22-6-4-5-7-23(22)27(34)35/h4-17H,3H2,1-2H3,(H,29,33)(H,34,35)(H,30,31,32). The van der Waals surface area contributed by atoms with Crippen molar-refractivity contribution in [3.05, 3.63) is 89.3 Å². The van der Waals surface area contributed by atoms with Gasteiger partial charge in [-0.3, -0.25) is 9.59 Å². The second-order valence-electron chi connectivity index (χ2n) is 8.07. The number of nitrogens with zero attached hydrogens (tertiary/aromatic N) is 1. The van der Waals surface area contributed by atoms with Crippen LogP contribution in [0.15, 0.2) is 83.1 Å². The monoisotopic (exact) mass is 547 g/mol. The van der Waals surface area contributed by atoms with Gasteiger partial charge in [0.1, 0.15) is 5.75 Å². The predicted molar refractivity (Wildman–Crippen MR) is 150 cm³/mol. The number of amides is 2. The Labute approximate surface area is 228 Å². The number of hydrogen-bond donors (Lipinski definition) is 3. The van der Waals surface area contributed by atoms with Gasteiger partial charge in [-0.1, -0.05) is 12.1 Å². The van der Waals surface area contributed by atoms with Gasteiger partial charge in [-0.05, 0) is 74.5 Å². The summed E-state index contributed by atoms with van der Waals surface area (Å²) in [6.07, 6.45) is 0. The van der Waals surface area contributed by atoms with Crippen molar-refractivity contribution < 1.29 is 24.2 Å². The number of benzene rings is 3. The third-order valence-corrected chi connectivity index (χ3v) is 7.26. The number of anilines is 2. The second-order valence-corrected chi connectivity index (χ2v) is 10.3. The van der Waals surface area contributed by atoms with E-state index in [0.717, 1.165) is 21.9 Å². The number of rotatable bonds is 10. The van der Waals surface area contributed by atoms with Crippen LogP contribution in [0.3, 0.4) is 0 Å². The fraction of sp³-hybridized carbons (Fsp3) is 0.143. The third-order valence-electron chi connectivity index (χ3n) is 5.39. The smallest absolute Gasteiger partial charge is 0.336 e. The van der Waals surface area contributed by atoms with E-state index in [0.29, 0.717) is 17.4 Å². The maximum Gasteiger partial charge on any atom is 0.336 e. The first-order valence-electron chi connectivity index (χ1n) is 11.7. The topological polar surface area (TPSA) is 118 Å². The van der Waals surface area contributed by atoms with Crippen LogP contribution in [-0.4, -0.2) is 39.7 Å². The number of ether oxygens (including phenoxy) is 1. The van der Waals surface area contributed by atoms with E-state index in [2.05, 4.69) is 15.6 Å². The highest BCUT2D eigenvalue weighted by Gasteiger charge is 2.18. The van der Waals surface area contributed by atoms with Crippen LogP contribution in [0, 0.1) is 0 Å². The van der Waals surface area contributed by atoms with Gasteiger partial charge < -0.3 is 20.5 Å². The Morgan fingerprint density at radius 3 is 2.32 bits per heavy atom. The van der Waals surface area contributed by atoms with Crippen LogP contribution in [-0.2, 0) is 4.79 Å². The molecule has 0 saturated carbocycles. The summed E-state index contributed by atoms with van der Waals surface area (Å²) in [6, 6.07) is 20.7. The molecule has 4 aromatic rings. The Morgan fingerprint density at radius 2 is 1.66 bits per heavy atom. The van der Waals surface area contributed by atoms with Crippen molar-refractivity contribution in [2.45, 2.75) is 24.0 Å². The van der Waals surface area contributed by atoms with E-state index >= 15 is 0 Å². The number of thioether (sulfide) groups is 1. The van der Waals surface area contributed by atoms with E-state index in [1.54, 1.807) is 43.3 Å². The van der Waals surface area contributed by atoms with Crippen LogP contribution >= 0.6 is 23.1 Å². The van der Waals surface area contributed by atoms with Crippen molar-refractivity contribution in [2.75, 3.05) is 17.2 Å². The van der Waals surface area contributed by atoms with E-state index in [-0.39, 0.29) is 17.0 Å². The van der Waals surface area contributed by atoms with E-state index in [1.807, 2.05) is 36.6 Å². The van der Waals surface area contributed by atoms with Gasteiger partial charge in [-0.25, -0.2) is 9.78 Å². The number of hydrogen-bond acceptors (Lipinski definition) is 7. The molecule has 8 nitrogen and oxygen atoms in total. The normalized spacial score (nSPS) is 11.4. The molecule has 0 aliphatic rings. The Morgan fingerprint density at radius 1 is 0.974 bits per heavy atom. The molecule has 1 atom stereocenters. The molecule has 10 heteroatoms. The lowest BCUT2D eigenvalue weighted by atomic mass is 10.1. The lowest BCUT2D eigenvalue weighted by Crippen LogP contribution is -2.22. The number of carboxylic acids is 1. The minimum absolute atomic E-state index is 0.0659. The fourth-order valence-corrected chi connectivity index (χ4v) is 5.09. The largest absolute Gasteiger partial charge is 0.494 e. The van der Waals surface area contributed by atoms with E-state index in [4.69, 9.17) is 4.74 Å². The van der Waals surface area contributed by atoms with Gasteiger partial charge in [-0.15, -0.1) is 23.1 Å². The molecule has 0 fully saturated rings. The highest BCUT2D eigenvalue weighted by Crippen LogP contribution is 2.29. The Balaban J connectivity index is 1.32. The molecule has 3 aromatic carbocycles. The van der Waals surface area contributed by atoms with Crippen molar-refractivity contribution in [3.8, 4) is 17.0 Å². The molecule has 0 aliphatic carbocycles. The van der Waals surface area contributed by atoms with Gasteiger partial charge in [0, 0.05) is 21.5 Å². The zero-order chi connectivity index (χ0) is 27.1. The molecule has 1 unspecified atom stereocenters. The Hall–Kier alpha value is -4.15. The minimum Gasteiger partial charge on any atom is -0.494 e. The number of aromatic nitrogens is 1. The summed E-state index contributed by atoms with van der Waals surface area (Å²) in [6.45, 7) is 4.34. The fourth-order valence-electron chi connectivity index (χ4n) is 3.50. The van der Waals surface area contributed by atoms with E-state index in [1.165, 1.54) is 35.2 Å². The molecule has 0 spiro atoms. The average Bonchev–Trinajstić information content (AvgIpc) is 3.38. The molecule has 1 aromatic heterocycles. The highest BCUT2D eigenvalue weighted by molar-refractivity contribution is 8.00. The Bertz CT molecular complexity index is 1440. The number of carbonyl (C=O) groups is 3. The van der Waals surface area contributed by atoms with Gasteiger partial charge in [0.25, 0.3) is 5.91 Å². The molecule has 1 heterocycles. The lowest BCUT2D eigenvalue weighted by Gasteiger charge is -2.12. The summed E-state index contributed by atoms with van der Waals surface area (Å²) in [7, 11) is 0. The zero-order valence-corrected chi connectivity index (χ0v) is 22.3. The third kappa shape index (κ3) is 6.78.